The summed E-state index contributed by atoms with van der Waals surface area (Å²) >= 11 is 1.14. The Balaban J connectivity index is 2.35. The molecule has 0 aliphatic rings. The Bertz CT molecular complexity index is 1170. The van der Waals surface area contributed by atoms with Crippen molar-refractivity contribution in [2.75, 3.05) is 12.8 Å². The van der Waals surface area contributed by atoms with Crippen molar-refractivity contribution >= 4 is 28.7 Å². The highest BCUT2D eigenvalue weighted by molar-refractivity contribution is 8.00. The van der Waals surface area contributed by atoms with Gasteiger partial charge in [-0.05, 0) is 12.5 Å². The van der Waals surface area contributed by atoms with E-state index in [4.69, 9.17) is 0 Å². The van der Waals surface area contributed by atoms with E-state index in [1.54, 1.807) is 14.1 Å². The molecule has 2 heterocycles. The second-order valence-corrected chi connectivity index (χ2v) is 7.00. The monoisotopic (exact) mass is 385 g/mol. The van der Waals surface area contributed by atoms with Gasteiger partial charge in [-0.25, -0.2) is 14.8 Å². The molecule has 1 amide bonds. The largest absolute Gasteiger partial charge is 0.358 e. The minimum Gasteiger partial charge on any atom is -0.358 e. The summed E-state index contributed by atoms with van der Waals surface area (Å²) in [6, 6.07) is 7.59. The first-order chi connectivity index (χ1) is 12.8. The number of amides is 1. The van der Waals surface area contributed by atoms with Gasteiger partial charge >= 0.3 is 5.69 Å². The van der Waals surface area contributed by atoms with Crippen LogP contribution in [-0.4, -0.2) is 37.8 Å². The average Bonchev–Trinajstić information content (AvgIpc) is 2.68. The van der Waals surface area contributed by atoms with E-state index in [0.29, 0.717) is 10.9 Å². The van der Waals surface area contributed by atoms with Gasteiger partial charge in [-0.15, -0.1) is 0 Å². The standard InChI is InChI=1S/C18H19N5O3S/c1-10-7-5-6-8-11(10)14-20-15-13(16(21-14)27-9-12(24)19-2)17(25)23(4)18(26)22(15)3/h5-8H,9H2,1-4H3,(H,19,24). The molecule has 0 radical (unpaired) electrons. The van der Waals surface area contributed by atoms with Crippen molar-refractivity contribution in [1.29, 1.82) is 0 Å². The third-order valence-corrected chi connectivity index (χ3v) is 5.25. The van der Waals surface area contributed by atoms with Crippen LogP contribution in [0.1, 0.15) is 5.56 Å². The summed E-state index contributed by atoms with van der Waals surface area (Å²) in [6.45, 7) is 1.93. The number of aryl methyl sites for hydroxylation is 2. The number of carbonyl (C=O) groups is 1. The van der Waals surface area contributed by atoms with Crippen molar-refractivity contribution in [2.45, 2.75) is 11.9 Å². The SMILES string of the molecule is CNC(=O)CSc1nc(-c2ccccc2C)nc2c1c(=O)n(C)c(=O)n2C. The van der Waals surface area contributed by atoms with Crippen LogP contribution in [0.5, 0.6) is 0 Å². The Labute approximate surface area is 159 Å². The Kier molecular flexibility index (Phi) is 5.13. The van der Waals surface area contributed by atoms with Gasteiger partial charge in [0.25, 0.3) is 5.56 Å². The highest BCUT2D eigenvalue weighted by Crippen LogP contribution is 2.27. The zero-order valence-electron chi connectivity index (χ0n) is 15.4. The lowest BCUT2D eigenvalue weighted by Gasteiger charge is -2.12. The van der Waals surface area contributed by atoms with Crippen LogP contribution in [0.4, 0.5) is 0 Å². The van der Waals surface area contributed by atoms with E-state index in [0.717, 1.165) is 27.5 Å². The third kappa shape index (κ3) is 3.37. The fourth-order valence-electron chi connectivity index (χ4n) is 2.68. The number of aromatic nitrogens is 4. The first kappa shape index (κ1) is 18.8. The highest BCUT2D eigenvalue weighted by atomic mass is 32.2. The molecule has 1 N–H and O–H groups in total. The molecule has 8 nitrogen and oxygen atoms in total. The fraction of sp³-hybridized carbons (Fsp3) is 0.278. The van der Waals surface area contributed by atoms with Crippen molar-refractivity contribution < 1.29 is 4.79 Å². The van der Waals surface area contributed by atoms with Crippen LogP contribution in [0.15, 0.2) is 38.9 Å². The van der Waals surface area contributed by atoms with Crippen LogP contribution >= 0.6 is 11.8 Å². The number of nitrogens with one attached hydrogen (secondary N) is 1. The minimum atomic E-state index is -0.483. The molecule has 0 unspecified atom stereocenters. The van der Waals surface area contributed by atoms with Crippen LogP contribution in [0.3, 0.4) is 0 Å². The molecular weight excluding hydrogens is 366 g/mol. The zero-order valence-corrected chi connectivity index (χ0v) is 16.3. The predicted octanol–water partition coefficient (Wildman–Crippen LogP) is 0.841. The second kappa shape index (κ2) is 7.36. The molecule has 1 aromatic carbocycles. The average molecular weight is 385 g/mol. The van der Waals surface area contributed by atoms with Crippen molar-refractivity contribution in [3.63, 3.8) is 0 Å². The molecule has 0 fully saturated rings. The van der Waals surface area contributed by atoms with Gasteiger partial charge in [-0.3, -0.25) is 18.7 Å². The number of benzene rings is 1. The Hall–Kier alpha value is -2.94. The van der Waals surface area contributed by atoms with Crippen LogP contribution in [0, 0.1) is 6.92 Å². The lowest BCUT2D eigenvalue weighted by Crippen LogP contribution is -2.37. The predicted molar refractivity (Wildman–Crippen MR) is 105 cm³/mol. The molecular formula is C18H19N5O3S. The summed E-state index contributed by atoms with van der Waals surface area (Å²) in [7, 11) is 4.51. The van der Waals surface area contributed by atoms with E-state index >= 15 is 0 Å². The Morgan fingerprint density at radius 3 is 2.52 bits per heavy atom. The summed E-state index contributed by atoms with van der Waals surface area (Å²) in [4.78, 5) is 45.8. The summed E-state index contributed by atoms with van der Waals surface area (Å²) in [5, 5.41) is 3.14. The van der Waals surface area contributed by atoms with E-state index in [1.165, 1.54) is 11.6 Å². The number of hydrogen-bond donors (Lipinski definition) is 1. The smallest absolute Gasteiger partial charge is 0.332 e. The lowest BCUT2D eigenvalue weighted by molar-refractivity contribution is -0.118. The van der Waals surface area contributed by atoms with Gasteiger partial charge in [0, 0.05) is 26.7 Å². The molecule has 0 aliphatic carbocycles. The number of rotatable bonds is 4. The van der Waals surface area contributed by atoms with E-state index in [9.17, 15) is 14.4 Å². The van der Waals surface area contributed by atoms with Crippen molar-refractivity contribution in [1.82, 2.24) is 24.4 Å². The van der Waals surface area contributed by atoms with Gasteiger partial charge in [-0.2, -0.15) is 0 Å². The van der Waals surface area contributed by atoms with Gasteiger partial charge < -0.3 is 5.32 Å². The second-order valence-electron chi connectivity index (χ2n) is 6.03. The number of hydrogen-bond acceptors (Lipinski definition) is 6. The lowest BCUT2D eigenvalue weighted by atomic mass is 10.1. The van der Waals surface area contributed by atoms with Crippen LogP contribution < -0.4 is 16.6 Å². The molecule has 3 aromatic rings. The first-order valence-corrected chi connectivity index (χ1v) is 9.20. The van der Waals surface area contributed by atoms with E-state index in [1.807, 2.05) is 31.2 Å². The number of thioether (sulfide) groups is 1. The van der Waals surface area contributed by atoms with E-state index in [-0.39, 0.29) is 22.7 Å². The van der Waals surface area contributed by atoms with Crippen molar-refractivity contribution in [2.24, 2.45) is 14.1 Å². The van der Waals surface area contributed by atoms with Gasteiger partial charge in [0.1, 0.15) is 10.4 Å². The molecule has 0 saturated heterocycles. The van der Waals surface area contributed by atoms with Gasteiger partial charge in [0.15, 0.2) is 11.5 Å². The number of fused-ring (bicyclic) bond motifs is 1. The Morgan fingerprint density at radius 1 is 1.15 bits per heavy atom. The van der Waals surface area contributed by atoms with E-state index < -0.39 is 11.2 Å². The molecule has 0 saturated carbocycles. The molecule has 0 atom stereocenters. The normalized spacial score (nSPS) is 11.0. The topological polar surface area (TPSA) is 98.9 Å². The summed E-state index contributed by atoms with van der Waals surface area (Å²) in [5.41, 5.74) is 1.06. The maximum absolute atomic E-state index is 12.7. The number of carbonyl (C=O) groups excluding carboxylic acids is 1. The fourth-order valence-corrected chi connectivity index (χ4v) is 3.57. The quantitative estimate of drug-likeness (QED) is 0.528. The molecule has 3 rings (SSSR count). The molecule has 0 spiro atoms. The molecule has 2 aromatic heterocycles. The molecule has 0 bridgehead atoms. The Morgan fingerprint density at radius 2 is 1.85 bits per heavy atom. The van der Waals surface area contributed by atoms with Crippen LogP contribution in [0.25, 0.3) is 22.4 Å². The summed E-state index contributed by atoms with van der Waals surface area (Å²) in [6.07, 6.45) is 0. The molecule has 27 heavy (non-hydrogen) atoms. The van der Waals surface area contributed by atoms with Gasteiger partial charge in [-0.1, -0.05) is 36.0 Å². The van der Waals surface area contributed by atoms with Crippen LogP contribution in [0.2, 0.25) is 0 Å². The maximum atomic E-state index is 12.7. The minimum absolute atomic E-state index is 0.0990. The van der Waals surface area contributed by atoms with E-state index in [2.05, 4.69) is 15.3 Å². The van der Waals surface area contributed by atoms with Gasteiger partial charge in [0.2, 0.25) is 5.91 Å². The molecule has 0 aliphatic heterocycles. The zero-order chi connectivity index (χ0) is 19.7. The van der Waals surface area contributed by atoms with Crippen LogP contribution in [-0.2, 0) is 18.9 Å². The van der Waals surface area contributed by atoms with Crippen molar-refractivity contribution in [3.8, 4) is 11.4 Å². The number of nitrogens with zero attached hydrogens (tertiary/aromatic N) is 4. The highest BCUT2D eigenvalue weighted by Gasteiger charge is 2.19. The van der Waals surface area contributed by atoms with Crippen molar-refractivity contribution in [3.05, 3.63) is 50.7 Å². The maximum Gasteiger partial charge on any atom is 0.332 e. The molecule has 9 heteroatoms. The molecule has 140 valence electrons. The summed E-state index contributed by atoms with van der Waals surface area (Å²) < 4.78 is 2.34. The van der Waals surface area contributed by atoms with Gasteiger partial charge in [0.05, 0.1) is 5.75 Å². The summed E-state index contributed by atoms with van der Waals surface area (Å²) in [5.74, 6) is 0.316. The first-order valence-electron chi connectivity index (χ1n) is 8.22. The third-order valence-electron chi connectivity index (χ3n) is 4.27.